The van der Waals surface area contributed by atoms with Crippen molar-refractivity contribution in [3.63, 3.8) is 0 Å². The molecule has 0 spiro atoms. The fraction of sp³-hybridized carbons (Fsp3) is 0.167. The maximum atomic E-state index is 15.4. The minimum atomic E-state index is -2.25. The number of pyridine rings is 1. The molecule has 1 aromatic carbocycles. The van der Waals surface area contributed by atoms with Gasteiger partial charge in [0, 0.05) is 22.9 Å². The van der Waals surface area contributed by atoms with E-state index < -0.39 is 29.2 Å². The van der Waals surface area contributed by atoms with Crippen LogP contribution in [0, 0.1) is 5.82 Å². The van der Waals surface area contributed by atoms with Crippen LogP contribution in [-0.4, -0.2) is 26.8 Å². The second-order valence-corrected chi connectivity index (χ2v) is 7.07. The number of carbonyl (C=O) groups excluding carboxylic acids is 1. The zero-order chi connectivity index (χ0) is 18.3. The molecule has 2 aromatic heterocycles. The van der Waals surface area contributed by atoms with Gasteiger partial charge in [0.15, 0.2) is 0 Å². The van der Waals surface area contributed by atoms with Crippen LogP contribution in [-0.2, 0) is 4.79 Å². The second kappa shape index (κ2) is 6.22. The Morgan fingerprint density at radius 3 is 2.54 bits per heavy atom. The third kappa shape index (κ3) is 2.58. The van der Waals surface area contributed by atoms with Gasteiger partial charge in [0.25, 0.3) is 5.91 Å². The molecule has 2 heterocycles. The Morgan fingerprint density at radius 2 is 1.88 bits per heavy atom. The number of hydroxylamine groups is 1. The summed E-state index contributed by atoms with van der Waals surface area (Å²) in [7, 11) is 0. The number of aromatic nitrogens is 2. The highest BCUT2D eigenvalue weighted by Gasteiger charge is 2.73. The molecule has 1 saturated carbocycles. The molecule has 3 unspecified atom stereocenters. The van der Waals surface area contributed by atoms with Crippen molar-refractivity contribution in [1.29, 1.82) is 0 Å². The first-order chi connectivity index (χ1) is 12.6. The van der Waals surface area contributed by atoms with Crippen LogP contribution >= 0.6 is 11.3 Å². The predicted molar refractivity (Wildman–Crippen MR) is 91.0 cm³/mol. The lowest BCUT2D eigenvalue weighted by molar-refractivity contribution is -0.136. The zero-order valence-corrected chi connectivity index (χ0v) is 14.1. The van der Waals surface area contributed by atoms with E-state index >= 15 is 4.39 Å². The molecule has 4 rings (SSSR count). The molecule has 1 fully saturated rings. The van der Waals surface area contributed by atoms with Crippen LogP contribution in [0.2, 0.25) is 0 Å². The molecule has 132 valence electrons. The van der Waals surface area contributed by atoms with Crippen LogP contribution < -0.4 is 5.48 Å². The largest absolute Gasteiger partial charge is 0.289 e. The van der Waals surface area contributed by atoms with Crippen molar-refractivity contribution in [3.8, 4) is 10.7 Å². The van der Waals surface area contributed by atoms with Crippen molar-refractivity contribution < 1.29 is 18.8 Å². The fourth-order valence-electron chi connectivity index (χ4n) is 3.24. The molecule has 0 bridgehead atoms. The monoisotopic (exact) mass is 373 g/mol. The van der Waals surface area contributed by atoms with Gasteiger partial charge in [-0.05, 0) is 17.7 Å². The van der Waals surface area contributed by atoms with Gasteiger partial charge < -0.3 is 0 Å². The Labute approximate surface area is 151 Å². The minimum absolute atomic E-state index is 0.459. The summed E-state index contributed by atoms with van der Waals surface area (Å²) in [6.07, 6.45) is 2.58. The predicted octanol–water partition coefficient (Wildman–Crippen LogP) is 3.44. The highest BCUT2D eigenvalue weighted by molar-refractivity contribution is 7.15. The van der Waals surface area contributed by atoms with Crippen LogP contribution in [0.3, 0.4) is 0 Å². The number of hydrogen-bond acceptors (Lipinski definition) is 5. The average Bonchev–Trinajstić information content (AvgIpc) is 3.04. The summed E-state index contributed by atoms with van der Waals surface area (Å²) in [5, 5.41) is 9.46. The van der Waals surface area contributed by atoms with Crippen molar-refractivity contribution in [1.82, 2.24) is 15.4 Å². The SMILES string of the molecule is O=C(NO)C1(F)C(c2ccccc2)C1c1cnc(-c2ccc(F)cn2)s1. The van der Waals surface area contributed by atoms with Gasteiger partial charge in [-0.15, -0.1) is 11.3 Å². The lowest BCUT2D eigenvalue weighted by atomic mass is 10.1. The van der Waals surface area contributed by atoms with Crippen molar-refractivity contribution >= 4 is 17.2 Å². The summed E-state index contributed by atoms with van der Waals surface area (Å²) in [6.45, 7) is 0. The van der Waals surface area contributed by atoms with E-state index in [0.29, 0.717) is 21.1 Å². The minimum Gasteiger partial charge on any atom is -0.289 e. The Hall–Kier alpha value is -2.71. The summed E-state index contributed by atoms with van der Waals surface area (Å²) in [5.41, 5.74) is 0.307. The van der Waals surface area contributed by atoms with Gasteiger partial charge in [0.2, 0.25) is 5.67 Å². The first-order valence-corrected chi connectivity index (χ1v) is 8.63. The van der Waals surface area contributed by atoms with Crippen LogP contribution in [0.25, 0.3) is 10.7 Å². The van der Waals surface area contributed by atoms with E-state index in [4.69, 9.17) is 5.21 Å². The highest BCUT2D eigenvalue weighted by Crippen LogP contribution is 2.67. The smallest absolute Gasteiger partial charge is 0.282 e. The van der Waals surface area contributed by atoms with E-state index in [0.717, 1.165) is 6.20 Å². The number of nitrogens with zero attached hydrogens (tertiary/aromatic N) is 2. The molecule has 0 radical (unpaired) electrons. The first kappa shape index (κ1) is 16.7. The lowest BCUT2D eigenvalue weighted by Crippen LogP contribution is -2.33. The molecule has 0 aliphatic heterocycles. The molecule has 8 heteroatoms. The number of halogens is 2. The Bertz CT molecular complexity index is 949. The van der Waals surface area contributed by atoms with Crippen molar-refractivity contribution in [3.05, 3.63) is 71.1 Å². The molecule has 0 saturated heterocycles. The number of thiazole rings is 1. The number of nitrogens with one attached hydrogen (secondary N) is 1. The molecule has 1 amide bonds. The van der Waals surface area contributed by atoms with Crippen LogP contribution in [0.4, 0.5) is 8.78 Å². The molecule has 2 N–H and O–H groups in total. The summed E-state index contributed by atoms with van der Waals surface area (Å²) in [5.74, 6) is -3.01. The summed E-state index contributed by atoms with van der Waals surface area (Å²) < 4.78 is 28.4. The first-order valence-electron chi connectivity index (χ1n) is 7.81. The van der Waals surface area contributed by atoms with Gasteiger partial charge in [-0.25, -0.2) is 19.2 Å². The quantitative estimate of drug-likeness (QED) is 0.543. The summed E-state index contributed by atoms with van der Waals surface area (Å²) in [4.78, 5) is 20.7. The highest BCUT2D eigenvalue weighted by atomic mass is 32.1. The lowest BCUT2D eigenvalue weighted by Gasteiger charge is -2.05. The van der Waals surface area contributed by atoms with E-state index in [-0.39, 0.29) is 0 Å². The molecule has 1 aliphatic rings. The normalized spacial score (nSPS) is 24.3. The average molecular weight is 373 g/mol. The number of rotatable bonds is 4. The molecule has 3 aromatic rings. The van der Waals surface area contributed by atoms with Crippen molar-refractivity contribution in [2.24, 2.45) is 0 Å². The molecule has 3 atom stereocenters. The molecular weight excluding hydrogens is 360 g/mol. The fourth-order valence-corrected chi connectivity index (χ4v) is 4.34. The summed E-state index contributed by atoms with van der Waals surface area (Å²) >= 11 is 1.19. The standard InChI is InChI=1S/C18H13F2N3O2S/c19-11-6-7-12(21-8-11)16-22-9-13(26-16)15-14(10-4-2-1-3-5-10)18(15,20)17(24)23-25/h1-9,14-15,25H,(H,23,24). The van der Waals surface area contributed by atoms with E-state index in [1.54, 1.807) is 30.3 Å². The van der Waals surface area contributed by atoms with Crippen LogP contribution in [0.5, 0.6) is 0 Å². The number of hydrogen-bond donors (Lipinski definition) is 2. The van der Waals surface area contributed by atoms with Gasteiger partial charge in [0.05, 0.1) is 11.9 Å². The Kier molecular flexibility index (Phi) is 4.01. The second-order valence-electron chi connectivity index (χ2n) is 6.00. The van der Waals surface area contributed by atoms with E-state index in [1.165, 1.54) is 35.1 Å². The summed E-state index contributed by atoms with van der Waals surface area (Å²) in [6, 6.07) is 11.6. The van der Waals surface area contributed by atoms with Crippen molar-refractivity contribution in [2.75, 3.05) is 0 Å². The van der Waals surface area contributed by atoms with Gasteiger partial charge >= 0.3 is 0 Å². The third-order valence-electron chi connectivity index (χ3n) is 4.51. The third-order valence-corrected chi connectivity index (χ3v) is 5.62. The zero-order valence-electron chi connectivity index (χ0n) is 13.3. The van der Waals surface area contributed by atoms with Crippen LogP contribution in [0.1, 0.15) is 22.3 Å². The van der Waals surface area contributed by atoms with E-state index in [1.807, 2.05) is 0 Å². The van der Waals surface area contributed by atoms with Gasteiger partial charge in [-0.3, -0.25) is 15.0 Å². The number of benzene rings is 1. The molecular formula is C18H13F2N3O2S. The van der Waals surface area contributed by atoms with Gasteiger partial charge in [0.1, 0.15) is 10.8 Å². The van der Waals surface area contributed by atoms with Gasteiger partial charge in [-0.1, -0.05) is 30.3 Å². The number of alkyl halides is 1. The number of carbonyl (C=O) groups is 1. The maximum Gasteiger partial charge on any atom is 0.282 e. The van der Waals surface area contributed by atoms with Gasteiger partial charge in [-0.2, -0.15) is 0 Å². The van der Waals surface area contributed by atoms with E-state index in [9.17, 15) is 9.18 Å². The Balaban J connectivity index is 1.70. The Morgan fingerprint density at radius 1 is 1.12 bits per heavy atom. The van der Waals surface area contributed by atoms with Crippen LogP contribution in [0.15, 0.2) is 54.9 Å². The molecule has 5 nitrogen and oxygen atoms in total. The van der Waals surface area contributed by atoms with Crippen molar-refractivity contribution in [2.45, 2.75) is 17.5 Å². The molecule has 26 heavy (non-hydrogen) atoms. The maximum absolute atomic E-state index is 15.4. The number of amides is 1. The van der Waals surface area contributed by atoms with E-state index in [2.05, 4.69) is 9.97 Å². The topological polar surface area (TPSA) is 75.1 Å². The molecule has 1 aliphatic carbocycles.